The van der Waals surface area contributed by atoms with Crippen molar-refractivity contribution in [3.8, 4) is 11.1 Å². The van der Waals surface area contributed by atoms with Crippen LogP contribution in [0.5, 0.6) is 0 Å². The Hall–Kier alpha value is -3.79. The first-order chi connectivity index (χ1) is 21.0. The lowest BCUT2D eigenvalue weighted by Crippen LogP contribution is -2.59. The molecule has 0 aromatic heterocycles. The molecule has 3 aromatic rings. The number of hydrogen-bond donors (Lipinski definition) is 0. The molecule has 1 fully saturated rings. The van der Waals surface area contributed by atoms with Crippen LogP contribution >= 0.6 is 0 Å². The summed E-state index contributed by atoms with van der Waals surface area (Å²) in [5, 5.41) is 1.98. The first-order valence-corrected chi connectivity index (χ1v) is 15.1. The number of carbonyl (C=O) groups excluding carboxylic acids is 2. The second-order valence-electron chi connectivity index (χ2n) is 11.9. The van der Waals surface area contributed by atoms with Gasteiger partial charge in [-0.15, -0.1) is 0 Å². The van der Waals surface area contributed by atoms with Gasteiger partial charge in [0.2, 0.25) is 5.91 Å². The second kappa shape index (κ2) is 11.6. The molecule has 10 heteroatoms. The highest BCUT2D eigenvalue weighted by Gasteiger charge is 2.60. The predicted octanol–water partition coefficient (Wildman–Crippen LogP) is 7.20. The fourth-order valence-electron chi connectivity index (χ4n) is 6.90. The van der Waals surface area contributed by atoms with E-state index in [0.717, 1.165) is 35.1 Å². The minimum absolute atomic E-state index is 0.0587. The van der Waals surface area contributed by atoms with E-state index < -0.39 is 30.5 Å². The number of carbonyl (C=O) groups is 2. The van der Waals surface area contributed by atoms with Gasteiger partial charge in [0.1, 0.15) is 6.54 Å². The number of fused-ring (bicyclic) bond motifs is 4. The molecule has 0 radical (unpaired) electrons. The summed E-state index contributed by atoms with van der Waals surface area (Å²) in [6, 6.07) is 19.9. The lowest BCUT2D eigenvalue weighted by molar-refractivity contribution is -0.293. The van der Waals surface area contributed by atoms with E-state index >= 15 is 0 Å². The van der Waals surface area contributed by atoms with Crippen molar-refractivity contribution in [1.82, 2.24) is 14.9 Å². The van der Waals surface area contributed by atoms with E-state index in [4.69, 9.17) is 0 Å². The summed E-state index contributed by atoms with van der Waals surface area (Å²) in [6.07, 6.45) is -2.75. The average Bonchev–Trinajstić information content (AvgIpc) is 3.53. The van der Waals surface area contributed by atoms with Crippen molar-refractivity contribution >= 4 is 11.8 Å². The Balaban J connectivity index is 1.32. The van der Waals surface area contributed by atoms with Crippen LogP contribution in [-0.4, -0.2) is 64.5 Å². The van der Waals surface area contributed by atoms with E-state index in [2.05, 4.69) is 0 Å². The van der Waals surface area contributed by atoms with Gasteiger partial charge in [-0.2, -0.15) is 22.0 Å². The standard InChI is InChI=1S/C34H34F5N3O2/c1-2-3-9-22-11-8-15-27-26-13-6-7-14-28(26)30(29(22)27)32(44)42(21-33(35,36)34(37,38)39)40-18-16-24(17-19-40)41-20-23-10-4-5-12-25(23)31(41)43/h4-8,10-15,24,30H,2-3,9,16-21H2,1H3. The van der Waals surface area contributed by atoms with E-state index in [0.29, 0.717) is 47.5 Å². The lowest BCUT2D eigenvalue weighted by Gasteiger charge is -2.43. The molecule has 0 N–H and O–H groups in total. The van der Waals surface area contributed by atoms with Crippen LogP contribution in [0.3, 0.4) is 0 Å². The molecule has 0 saturated carbocycles. The number of hydrazine groups is 1. The number of nitrogens with zero attached hydrogens (tertiary/aromatic N) is 3. The summed E-state index contributed by atoms with van der Waals surface area (Å²) in [5.41, 5.74) is 5.29. The molecule has 0 spiro atoms. The fraction of sp³-hybridized carbons (Fsp3) is 0.412. The highest BCUT2D eigenvalue weighted by atomic mass is 19.4. The number of halogens is 5. The number of benzene rings is 3. The van der Waals surface area contributed by atoms with Crippen LogP contribution in [-0.2, 0) is 17.8 Å². The maximum Gasteiger partial charge on any atom is 0.455 e. The van der Waals surface area contributed by atoms with Crippen LogP contribution in [0, 0.1) is 0 Å². The molecule has 1 aliphatic carbocycles. The summed E-state index contributed by atoms with van der Waals surface area (Å²) < 4.78 is 70.2. The van der Waals surface area contributed by atoms with E-state index in [1.807, 2.05) is 49.4 Å². The molecule has 1 atom stereocenters. The van der Waals surface area contributed by atoms with Gasteiger partial charge in [0.25, 0.3) is 5.91 Å². The predicted molar refractivity (Wildman–Crippen MR) is 156 cm³/mol. The minimum atomic E-state index is -5.82. The van der Waals surface area contributed by atoms with Crippen LogP contribution < -0.4 is 0 Å². The molecule has 0 bridgehead atoms. The summed E-state index contributed by atoms with van der Waals surface area (Å²) >= 11 is 0. The van der Waals surface area contributed by atoms with Crippen LogP contribution in [0.1, 0.15) is 71.1 Å². The van der Waals surface area contributed by atoms with Crippen molar-refractivity contribution in [2.45, 2.75) is 69.6 Å². The van der Waals surface area contributed by atoms with E-state index in [1.165, 1.54) is 5.01 Å². The van der Waals surface area contributed by atoms with Crippen LogP contribution in [0.25, 0.3) is 11.1 Å². The van der Waals surface area contributed by atoms with Crippen molar-refractivity contribution in [3.63, 3.8) is 0 Å². The van der Waals surface area contributed by atoms with Gasteiger partial charge in [0, 0.05) is 31.2 Å². The van der Waals surface area contributed by atoms with Crippen molar-refractivity contribution in [2.24, 2.45) is 0 Å². The third kappa shape index (κ3) is 5.27. The number of piperidine rings is 1. The molecule has 232 valence electrons. The smallest absolute Gasteiger partial charge is 0.331 e. The number of hydrogen-bond acceptors (Lipinski definition) is 3. The highest BCUT2D eigenvalue weighted by Crippen LogP contribution is 2.48. The highest BCUT2D eigenvalue weighted by molar-refractivity contribution is 5.98. The Bertz CT molecular complexity index is 1560. The Morgan fingerprint density at radius 3 is 2.23 bits per heavy atom. The molecule has 2 aliphatic heterocycles. The van der Waals surface area contributed by atoms with Gasteiger partial charge in [-0.1, -0.05) is 74.0 Å². The van der Waals surface area contributed by atoms with Crippen molar-refractivity contribution in [1.29, 1.82) is 0 Å². The summed E-state index contributed by atoms with van der Waals surface area (Å²) in [7, 11) is 0. The molecule has 1 saturated heterocycles. The number of alkyl halides is 5. The van der Waals surface area contributed by atoms with E-state index in [9.17, 15) is 31.5 Å². The summed E-state index contributed by atoms with van der Waals surface area (Å²) in [5.74, 6) is -7.04. The molecule has 2 heterocycles. The SMILES string of the molecule is CCCCc1cccc2c1C(C(=O)N(CC(F)(F)C(F)(F)F)N1CCC(N3Cc4ccccc4C3=O)CC1)c1ccccc1-2. The van der Waals surface area contributed by atoms with Crippen LogP contribution in [0.4, 0.5) is 22.0 Å². The Labute approximate surface area is 253 Å². The molecular weight excluding hydrogens is 577 g/mol. The van der Waals surface area contributed by atoms with Gasteiger partial charge in [-0.05, 0) is 65.1 Å². The third-order valence-corrected chi connectivity index (χ3v) is 9.18. The van der Waals surface area contributed by atoms with Gasteiger partial charge < -0.3 is 4.90 Å². The maximum atomic E-state index is 14.7. The monoisotopic (exact) mass is 611 g/mol. The third-order valence-electron chi connectivity index (χ3n) is 9.18. The first-order valence-electron chi connectivity index (χ1n) is 15.1. The molecule has 44 heavy (non-hydrogen) atoms. The zero-order chi connectivity index (χ0) is 31.2. The minimum Gasteiger partial charge on any atom is -0.331 e. The molecule has 6 rings (SSSR count). The number of amides is 2. The van der Waals surface area contributed by atoms with Gasteiger partial charge in [0.05, 0.1) is 5.92 Å². The van der Waals surface area contributed by atoms with E-state index in [1.54, 1.807) is 29.2 Å². The van der Waals surface area contributed by atoms with E-state index in [-0.39, 0.29) is 25.0 Å². The molecule has 3 aromatic carbocycles. The Kier molecular flexibility index (Phi) is 7.98. The van der Waals surface area contributed by atoms with Gasteiger partial charge in [0.15, 0.2) is 0 Å². The summed E-state index contributed by atoms with van der Waals surface area (Å²) in [6.45, 7) is 0.774. The largest absolute Gasteiger partial charge is 0.455 e. The first kappa shape index (κ1) is 30.2. The molecule has 3 aliphatic rings. The van der Waals surface area contributed by atoms with Gasteiger partial charge in [-0.3, -0.25) is 14.6 Å². The van der Waals surface area contributed by atoms with Crippen LogP contribution in [0.15, 0.2) is 66.7 Å². The summed E-state index contributed by atoms with van der Waals surface area (Å²) in [4.78, 5) is 29.3. The second-order valence-corrected chi connectivity index (χ2v) is 11.9. The number of aryl methyl sites for hydroxylation is 1. The molecule has 5 nitrogen and oxygen atoms in total. The van der Waals surface area contributed by atoms with Gasteiger partial charge >= 0.3 is 12.1 Å². The fourth-order valence-corrected chi connectivity index (χ4v) is 6.90. The molecular formula is C34H34F5N3O2. The van der Waals surface area contributed by atoms with Crippen molar-refractivity contribution < 1.29 is 31.5 Å². The maximum absolute atomic E-state index is 14.7. The number of rotatable bonds is 8. The Morgan fingerprint density at radius 2 is 1.55 bits per heavy atom. The van der Waals surface area contributed by atoms with Crippen LogP contribution in [0.2, 0.25) is 0 Å². The molecule has 1 unspecified atom stereocenters. The van der Waals surface area contributed by atoms with Crippen molar-refractivity contribution in [3.05, 3.63) is 94.5 Å². The lowest BCUT2D eigenvalue weighted by atomic mass is 9.89. The Morgan fingerprint density at radius 1 is 0.886 bits per heavy atom. The normalized spacial score (nSPS) is 18.7. The topological polar surface area (TPSA) is 43.9 Å². The van der Waals surface area contributed by atoms with Gasteiger partial charge in [-0.25, -0.2) is 5.01 Å². The molecule has 2 amide bonds. The zero-order valence-electron chi connectivity index (χ0n) is 24.4. The quantitative estimate of drug-likeness (QED) is 0.253. The zero-order valence-corrected chi connectivity index (χ0v) is 24.4. The average molecular weight is 612 g/mol. The number of unbranched alkanes of at least 4 members (excludes halogenated alkanes) is 1. The van der Waals surface area contributed by atoms with Crippen molar-refractivity contribution in [2.75, 3.05) is 19.6 Å².